The van der Waals surface area contributed by atoms with E-state index in [2.05, 4.69) is 32.5 Å². The van der Waals surface area contributed by atoms with Crippen LogP contribution >= 0.6 is 11.8 Å². The van der Waals surface area contributed by atoms with Crippen molar-refractivity contribution in [2.45, 2.75) is 25.4 Å². The lowest BCUT2D eigenvalue weighted by atomic mass is 10.0. The summed E-state index contributed by atoms with van der Waals surface area (Å²) < 4.78 is 12.3. The van der Waals surface area contributed by atoms with E-state index >= 15 is 0 Å². The van der Waals surface area contributed by atoms with Gasteiger partial charge < -0.3 is 14.8 Å². The highest BCUT2D eigenvalue weighted by Gasteiger charge is 2.16. The molecule has 2 heterocycles. The second kappa shape index (κ2) is 9.91. The van der Waals surface area contributed by atoms with Crippen molar-refractivity contribution in [3.63, 3.8) is 0 Å². The monoisotopic (exact) mass is 463 g/mol. The number of amides is 1. The third-order valence-electron chi connectivity index (χ3n) is 5.27. The summed E-state index contributed by atoms with van der Waals surface area (Å²) in [7, 11) is 3.12. The third-order valence-corrected chi connectivity index (χ3v) is 6.10. The topological polar surface area (TPSA) is 90.6 Å². The summed E-state index contributed by atoms with van der Waals surface area (Å²) in [4.78, 5) is 21.7. The molecular weight excluding hydrogens is 438 g/mol. The van der Waals surface area contributed by atoms with Gasteiger partial charge in [-0.25, -0.2) is 9.50 Å². The Bertz CT molecular complexity index is 1290. The molecule has 1 amide bonds. The Balaban J connectivity index is 1.48. The second-order valence-electron chi connectivity index (χ2n) is 7.43. The first-order valence-corrected chi connectivity index (χ1v) is 11.4. The van der Waals surface area contributed by atoms with E-state index in [1.165, 1.54) is 17.3 Å². The van der Waals surface area contributed by atoms with Crippen LogP contribution in [0.25, 0.3) is 5.78 Å². The van der Waals surface area contributed by atoms with Crippen LogP contribution in [0.15, 0.2) is 53.7 Å². The SMILES string of the molecule is COc1ccc(OC)c(NC(=O)CSc2nc3nc(C)c(Cc4ccccc4)c(C)n3n2)c1. The van der Waals surface area contributed by atoms with Gasteiger partial charge in [-0.3, -0.25) is 4.79 Å². The zero-order chi connectivity index (χ0) is 23.4. The molecule has 4 aromatic rings. The van der Waals surface area contributed by atoms with Gasteiger partial charge in [0.1, 0.15) is 11.5 Å². The number of carbonyl (C=O) groups excluding carboxylic acids is 1. The van der Waals surface area contributed by atoms with Gasteiger partial charge in [0.25, 0.3) is 5.78 Å². The van der Waals surface area contributed by atoms with Crippen molar-refractivity contribution in [3.05, 3.63) is 71.0 Å². The van der Waals surface area contributed by atoms with Gasteiger partial charge in [0, 0.05) is 23.9 Å². The lowest BCUT2D eigenvalue weighted by molar-refractivity contribution is -0.113. The van der Waals surface area contributed by atoms with Crippen LogP contribution in [0.1, 0.15) is 22.5 Å². The van der Waals surface area contributed by atoms with E-state index in [0.29, 0.717) is 28.1 Å². The van der Waals surface area contributed by atoms with Crippen LogP contribution in [0, 0.1) is 13.8 Å². The van der Waals surface area contributed by atoms with Gasteiger partial charge in [0.2, 0.25) is 11.1 Å². The van der Waals surface area contributed by atoms with E-state index in [9.17, 15) is 4.79 Å². The smallest absolute Gasteiger partial charge is 0.253 e. The number of aryl methyl sites for hydroxylation is 2. The maximum absolute atomic E-state index is 12.5. The Morgan fingerprint density at radius 2 is 1.85 bits per heavy atom. The first kappa shape index (κ1) is 22.6. The van der Waals surface area contributed by atoms with Gasteiger partial charge in [0.15, 0.2) is 0 Å². The Hall–Kier alpha value is -3.59. The maximum atomic E-state index is 12.5. The predicted molar refractivity (Wildman–Crippen MR) is 128 cm³/mol. The Morgan fingerprint density at radius 1 is 1.06 bits per heavy atom. The number of methoxy groups -OCH3 is 2. The molecule has 0 spiro atoms. The molecule has 0 aliphatic rings. The van der Waals surface area contributed by atoms with Gasteiger partial charge in [-0.05, 0) is 37.1 Å². The standard InChI is InChI=1S/C24H25N5O3S/c1-15-19(12-17-8-6-5-7-9-17)16(2)29-23(25-15)27-24(28-29)33-14-22(30)26-20-13-18(31-3)10-11-21(20)32-4/h5-11,13H,12,14H2,1-4H3,(H,26,30). The Morgan fingerprint density at radius 3 is 2.58 bits per heavy atom. The molecule has 0 aliphatic heterocycles. The largest absolute Gasteiger partial charge is 0.497 e. The molecule has 170 valence electrons. The summed E-state index contributed by atoms with van der Waals surface area (Å²) in [6, 6.07) is 15.5. The number of ether oxygens (including phenoxy) is 2. The molecule has 0 radical (unpaired) electrons. The van der Waals surface area contributed by atoms with Crippen molar-refractivity contribution in [1.29, 1.82) is 0 Å². The summed E-state index contributed by atoms with van der Waals surface area (Å²) in [6.45, 7) is 4.01. The van der Waals surface area contributed by atoms with Crippen LogP contribution in [-0.2, 0) is 11.2 Å². The quantitative estimate of drug-likeness (QED) is 0.394. The minimum Gasteiger partial charge on any atom is -0.497 e. The number of thioether (sulfide) groups is 1. The summed E-state index contributed by atoms with van der Waals surface area (Å²) in [5.74, 6) is 1.66. The molecule has 2 aromatic carbocycles. The van der Waals surface area contributed by atoms with Gasteiger partial charge in [-0.1, -0.05) is 42.1 Å². The average Bonchev–Trinajstić information content (AvgIpc) is 3.24. The first-order chi connectivity index (χ1) is 16.0. The molecule has 0 bridgehead atoms. The number of fused-ring (bicyclic) bond motifs is 1. The van der Waals surface area contributed by atoms with Gasteiger partial charge in [0.05, 0.1) is 25.7 Å². The molecule has 0 saturated heterocycles. The maximum Gasteiger partial charge on any atom is 0.253 e. The summed E-state index contributed by atoms with van der Waals surface area (Å²) in [5, 5.41) is 7.93. The lowest BCUT2D eigenvalue weighted by Gasteiger charge is -2.11. The third kappa shape index (κ3) is 5.09. The van der Waals surface area contributed by atoms with Crippen molar-refractivity contribution in [2.24, 2.45) is 0 Å². The van der Waals surface area contributed by atoms with Crippen LogP contribution in [0.5, 0.6) is 11.5 Å². The molecule has 0 aliphatic carbocycles. The summed E-state index contributed by atoms with van der Waals surface area (Å²) in [6.07, 6.45) is 0.772. The van der Waals surface area contributed by atoms with Gasteiger partial charge in [-0.2, -0.15) is 4.98 Å². The number of nitrogens with zero attached hydrogens (tertiary/aromatic N) is 4. The van der Waals surface area contributed by atoms with E-state index in [1.54, 1.807) is 36.9 Å². The van der Waals surface area contributed by atoms with Crippen LogP contribution in [0.4, 0.5) is 5.69 Å². The second-order valence-corrected chi connectivity index (χ2v) is 8.38. The van der Waals surface area contributed by atoms with E-state index in [-0.39, 0.29) is 11.7 Å². The zero-order valence-electron chi connectivity index (χ0n) is 19.0. The van der Waals surface area contributed by atoms with E-state index in [4.69, 9.17) is 9.47 Å². The van der Waals surface area contributed by atoms with Crippen molar-refractivity contribution < 1.29 is 14.3 Å². The molecule has 0 unspecified atom stereocenters. The predicted octanol–water partition coefficient (Wildman–Crippen LogP) is 4.08. The molecule has 1 N–H and O–H groups in total. The summed E-state index contributed by atoms with van der Waals surface area (Å²) >= 11 is 1.25. The highest BCUT2D eigenvalue weighted by Crippen LogP contribution is 2.29. The Kier molecular flexibility index (Phi) is 6.79. The Labute approximate surface area is 196 Å². The van der Waals surface area contributed by atoms with Crippen LogP contribution < -0.4 is 14.8 Å². The number of hydrogen-bond acceptors (Lipinski definition) is 7. The van der Waals surface area contributed by atoms with Gasteiger partial charge in [-0.15, -0.1) is 5.10 Å². The number of aromatic nitrogens is 4. The molecule has 8 nitrogen and oxygen atoms in total. The highest BCUT2D eigenvalue weighted by atomic mass is 32.2. The lowest BCUT2D eigenvalue weighted by Crippen LogP contribution is -2.15. The number of nitrogens with one attached hydrogen (secondary N) is 1. The van der Waals surface area contributed by atoms with Crippen molar-refractivity contribution in [2.75, 3.05) is 25.3 Å². The normalized spacial score (nSPS) is 10.9. The van der Waals surface area contributed by atoms with Crippen LogP contribution in [0.2, 0.25) is 0 Å². The fourth-order valence-electron chi connectivity index (χ4n) is 3.54. The van der Waals surface area contributed by atoms with E-state index < -0.39 is 0 Å². The number of rotatable bonds is 8. The van der Waals surface area contributed by atoms with Crippen molar-refractivity contribution in [3.8, 4) is 11.5 Å². The molecule has 0 saturated carbocycles. The molecule has 0 fully saturated rings. The number of carbonyl (C=O) groups is 1. The van der Waals surface area contributed by atoms with E-state index in [1.807, 2.05) is 32.0 Å². The van der Waals surface area contributed by atoms with Crippen LogP contribution in [-0.4, -0.2) is 45.5 Å². The number of hydrogen-bond donors (Lipinski definition) is 1. The molecule has 4 rings (SSSR count). The molecule has 0 atom stereocenters. The first-order valence-electron chi connectivity index (χ1n) is 10.4. The molecule has 2 aromatic heterocycles. The molecule has 9 heteroatoms. The van der Waals surface area contributed by atoms with Crippen molar-refractivity contribution in [1.82, 2.24) is 19.6 Å². The van der Waals surface area contributed by atoms with E-state index in [0.717, 1.165) is 23.4 Å². The fraction of sp³-hybridized carbons (Fsp3) is 0.250. The number of anilines is 1. The average molecular weight is 464 g/mol. The van der Waals surface area contributed by atoms with Crippen LogP contribution in [0.3, 0.4) is 0 Å². The number of benzene rings is 2. The summed E-state index contributed by atoms with van der Waals surface area (Å²) in [5.41, 5.74) is 4.80. The minimum atomic E-state index is -0.198. The minimum absolute atomic E-state index is 0.145. The molecular formula is C24H25N5O3S. The fourth-order valence-corrected chi connectivity index (χ4v) is 4.15. The highest BCUT2D eigenvalue weighted by molar-refractivity contribution is 7.99. The van der Waals surface area contributed by atoms with Gasteiger partial charge >= 0.3 is 0 Å². The zero-order valence-corrected chi connectivity index (χ0v) is 19.8. The molecule has 33 heavy (non-hydrogen) atoms. The van der Waals surface area contributed by atoms with Crippen molar-refractivity contribution >= 4 is 29.1 Å².